The summed E-state index contributed by atoms with van der Waals surface area (Å²) >= 11 is 0. The number of aryl methyl sites for hydroxylation is 2. The van der Waals surface area contributed by atoms with Crippen LogP contribution in [0.3, 0.4) is 0 Å². The Morgan fingerprint density at radius 2 is 2.08 bits per heavy atom. The maximum absolute atomic E-state index is 5.46. The number of unbranched alkanes of at least 4 members (excludes halogenated alkanes) is 1. The van der Waals surface area contributed by atoms with Gasteiger partial charge in [-0.15, -0.1) is 10.2 Å². The van der Waals surface area contributed by atoms with Crippen LogP contribution in [0.5, 0.6) is 0 Å². The van der Waals surface area contributed by atoms with Crippen LogP contribution in [-0.4, -0.2) is 42.9 Å². The average molecular weight is 358 g/mol. The lowest BCUT2D eigenvalue weighted by Gasteiger charge is -2.31. The van der Waals surface area contributed by atoms with Crippen molar-refractivity contribution < 1.29 is 4.52 Å². The Morgan fingerprint density at radius 1 is 1.12 bits per heavy atom. The fourth-order valence-electron chi connectivity index (χ4n) is 4.20. The molecule has 1 saturated heterocycles. The summed E-state index contributed by atoms with van der Waals surface area (Å²) in [5.74, 6) is 4.44. The molecule has 0 amide bonds. The highest BCUT2D eigenvalue weighted by molar-refractivity contribution is 5.06. The average Bonchev–Trinajstić information content (AvgIpc) is 3.20. The molecule has 0 saturated carbocycles. The summed E-state index contributed by atoms with van der Waals surface area (Å²) in [6, 6.07) is 0. The van der Waals surface area contributed by atoms with E-state index in [9.17, 15) is 0 Å². The molecule has 0 bridgehead atoms. The van der Waals surface area contributed by atoms with Crippen molar-refractivity contribution in [2.45, 2.75) is 83.7 Å². The van der Waals surface area contributed by atoms with E-state index < -0.39 is 0 Å². The Kier molecular flexibility index (Phi) is 5.62. The van der Waals surface area contributed by atoms with Gasteiger partial charge in [-0.1, -0.05) is 24.9 Å². The van der Waals surface area contributed by atoms with Crippen LogP contribution >= 0.6 is 0 Å². The van der Waals surface area contributed by atoms with E-state index in [1.807, 2.05) is 0 Å². The lowest BCUT2D eigenvalue weighted by molar-refractivity contribution is 0.172. The Labute approximate surface area is 155 Å². The summed E-state index contributed by atoms with van der Waals surface area (Å²) in [5, 5.41) is 13.2. The molecule has 4 rings (SSSR count). The normalized spacial score (nSPS) is 21.5. The van der Waals surface area contributed by atoms with Gasteiger partial charge in [0.05, 0.1) is 6.54 Å². The van der Waals surface area contributed by atoms with E-state index in [-0.39, 0.29) is 0 Å². The van der Waals surface area contributed by atoms with Crippen LogP contribution in [0.15, 0.2) is 4.52 Å². The van der Waals surface area contributed by atoms with E-state index >= 15 is 0 Å². The van der Waals surface area contributed by atoms with Gasteiger partial charge in [0, 0.05) is 31.8 Å². The molecule has 4 heterocycles. The van der Waals surface area contributed by atoms with Gasteiger partial charge in [0.15, 0.2) is 5.82 Å². The van der Waals surface area contributed by atoms with Crippen molar-refractivity contribution in [2.24, 2.45) is 0 Å². The lowest BCUT2D eigenvalue weighted by atomic mass is 9.97. The minimum absolute atomic E-state index is 0.464. The molecule has 2 aromatic rings. The fraction of sp³-hybridized carbons (Fsp3) is 0.789. The second-order valence-electron chi connectivity index (χ2n) is 7.72. The molecule has 0 N–H and O–H groups in total. The summed E-state index contributed by atoms with van der Waals surface area (Å²) in [5.41, 5.74) is 0. The third kappa shape index (κ3) is 3.98. The zero-order chi connectivity index (χ0) is 17.8. The first-order chi connectivity index (χ1) is 12.8. The number of hydrogen-bond acceptors (Lipinski definition) is 6. The molecular formula is C19H30N6O. The van der Waals surface area contributed by atoms with Gasteiger partial charge >= 0.3 is 0 Å². The van der Waals surface area contributed by atoms with E-state index in [1.165, 1.54) is 43.8 Å². The van der Waals surface area contributed by atoms with E-state index in [0.29, 0.717) is 5.92 Å². The summed E-state index contributed by atoms with van der Waals surface area (Å²) in [7, 11) is 0. The van der Waals surface area contributed by atoms with Crippen molar-refractivity contribution in [1.82, 2.24) is 29.8 Å². The van der Waals surface area contributed by atoms with E-state index in [2.05, 4.69) is 36.7 Å². The molecule has 2 aliphatic rings. The summed E-state index contributed by atoms with van der Waals surface area (Å²) in [4.78, 5) is 6.99. The quantitative estimate of drug-likeness (QED) is 0.790. The third-order valence-corrected chi connectivity index (χ3v) is 5.63. The van der Waals surface area contributed by atoms with Crippen LogP contribution in [-0.2, 0) is 25.9 Å². The fourth-order valence-corrected chi connectivity index (χ4v) is 4.20. The second-order valence-corrected chi connectivity index (χ2v) is 7.72. The van der Waals surface area contributed by atoms with Crippen molar-refractivity contribution in [3.8, 4) is 0 Å². The molecule has 1 atom stereocenters. The van der Waals surface area contributed by atoms with Gasteiger partial charge in [-0.3, -0.25) is 4.90 Å². The maximum Gasteiger partial charge on any atom is 0.240 e. The molecule has 1 fully saturated rings. The molecule has 26 heavy (non-hydrogen) atoms. The lowest BCUT2D eigenvalue weighted by Crippen LogP contribution is -2.35. The maximum atomic E-state index is 5.46. The van der Waals surface area contributed by atoms with Gasteiger partial charge in [0.1, 0.15) is 11.6 Å². The van der Waals surface area contributed by atoms with Crippen LogP contribution in [0.4, 0.5) is 0 Å². The van der Waals surface area contributed by atoms with Crippen LogP contribution in [0, 0.1) is 0 Å². The minimum Gasteiger partial charge on any atom is -0.338 e. The highest BCUT2D eigenvalue weighted by atomic mass is 16.5. The van der Waals surface area contributed by atoms with Gasteiger partial charge in [-0.25, -0.2) is 0 Å². The van der Waals surface area contributed by atoms with Crippen LogP contribution in [0.1, 0.15) is 81.2 Å². The molecule has 2 aromatic heterocycles. The van der Waals surface area contributed by atoms with E-state index in [0.717, 1.165) is 63.6 Å². The molecule has 7 nitrogen and oxygen atoms in total. The first kappa shape index (κ1) is 17.6. The van der Waals surface area contributed by atoms with Crippen molar-refractivity contribution in [3.05, 3.63) is 23.4 Å². The van der Waals surface area contributed by atoms with Gasteiger partial charge in [0.2, 0.25) is 5.89 Å². The van der Waals surface area contributed by atoms with Crippen molar-refractivity contribution in [1.29, 1.82) is 0 Å². The third-order valence-electron chi connectivity index (χ3n) is 5.63. The predicted octanol–water partition coefficient (Wildman–Crippen LogP) is 3.11. The first-order valence-corrected chi connectivity index (χ1v) is 10.3. The SMILES string of the molecule is CCCCc1noc(CN2CCCC(c3nnc4n3CCCCC4)C2)n1. The van der Waals surface area contributed by atoms with E-state index in [1.54, 1.807) is 0 Å². The molecule has 0 spiro atoms. The largest absolute Gasteiger partial charge is 0.338 e. The first-order valence-electron chi connectivity index (χ1n) is 10.3. The predicted molar refractivity (Wildman–Crippen MR) is 97.7 cm³/mol. The highest BCUT2D eigenvalue weighted by Gasteiger charge is 2.28. The van der Waals surface area contributed by atoms with Gasteiger partial charge in [-0.05, 0) is 38.6 Å². The Hall–Kier alpha value is -1.76. The zero-order valence-corrected chi connectivity index (χ0v) is 15.9. The Balaban J connectivity index is 1.40. The molecule has 2 aliphatic heterocycles. The molecule has 0 aromatic carbocycles. The molecule has 0 aliphatic carbocycles. The molecule has 7 heteroatoms. The highest BCUT2D eigenvalue weighted by Crippen LogP contribution is 2.28. The van der Waals surface area contributed by atoms with Gasteiger partial charge in [0.25, 0.3) is 0 Å². The second kappa shape index (κ2) is 8.29. The van der Waals surface area contributed by atoms with Crippen molar-refractivity contribution in [2.75, 3.05) is 13.1 Å². The van der Waals surface area contributed by atoms with Crippen molar-refractivity contribution in [3.63, 3.8) is 0 Å². The minimum atomic E-state index is 0.464. The number of rotatable bonds is 6. The van der Waals surface area contributed by atoms with E-state index in [4.69, 9.17) is 4.52 Å². The van der Waals surface area contributed by atoms with Crippen LogP contribution in [0.2, 0.25) is 0 Å². The standard InChI is InChI=1S/C19H30N6O/c1-2-3-9-16-20-18(26-23-16)14-24-11-7-8-15(13-24)19-22-21-17-10-5-4-6-12-25(17)19/h15H,2-14H2,1H3. The monoisotopic (exact) mass is 358 g/mol. The molecule has 0 radical (unpaired) electrons. The molecular weight excluding hydrogens is 328 g/mol. The van der Waals surface area contributed by atoms with Crippen molar-refractivity contribution >= 4 is 0 Å². The summed E-state index contributed by atoms with van der Waals surface area (Å²) in [6.45, 7) is 6.10. The molecule has 1 unspecified atom stereocenters. The summed E-state index contributed by atoms with van der Waals surface area (Å²) < 4.78 is 7.86. The van der Waals surface area contributed by atoms with Crippen LogP contribution < -0.4 is 0 Å². The smallest absolute Gasteiger partial charge is 0.240 e. The molecule has 142 valence electrons. The number of piperidine rings is 1. The number of likely N-dealkylation sites (tertiary alicyclic amines) is 1. The van der Waals surface area contributed by atoms with Gasteiger partial charge < -0.3 is 9.09 Å². The number of nitrogens with zero attached hydrogens (tertiary/aromatic N) is 6. The van der Waals surface area contributed by atoms with Crippen LogP contribution in [0.25, 0.3) is 0 Å². The number of aromatic nitrogens is 5. The number of hydrogen-bond donors (Lipinski definition) is 0. The zero-order valence-electron chi connectivity index (χ0n) is 15.9. The van der Waals surface area contributed by atoms with Gasteiger partial charge in [-0.2, -0.15) is 4.98 Å². The summed E-state index contributed by atoms with van der Waals surface area (Å²) in [6.07, 6.45) is 10.4. The number of fused-ring (bicyclic) bond motifs is 1. The topological polar surface area (TPSA) is 72.9 Å². The Bertz CT molecular complexity index is 709. The Morgan fingerprint density at radius 3 is 3.00 bits per heavy atom.